The van der Waals surface area contributed by atoms with Crippen LogP contribution in [-0.4, -0.2) is 6.54 Å². The molecule has 0 amide bonds. The molecule has 1 aliphatic rings. The van der Waals surface area contributed by atoms with Gasteiger partial charge in [0.15, 0.2) is 0 Å². The van der Waals surface area contributed by atoms with Gasteiger partial charge in [-0.2, -0.15) is 0 Å². The van der Waals surface area contributed by atoms with E-state index in [2.05, 4.69) is 42.7 Å². The Morgan fingerprint density at radius 3 is 3.05 bits per heavy atom. The fourth-order valence-corrected chi connectivity index (χ4v) is 5.10. The molecule has 4 heteroatoms. The van der Waals surface area contributed by atoms with E-state index in [9.17, 15) is 0 Å². The maximum atomic E-state index is 6.18. The number of halogens is 1. The topological polar surface area (TPSA) is 12.0 Å². The minimum Gasteiger partial charge on any atom is -0.309 e. The minimum atomic E-state index is 0.186. The summed E-state index contributed by atoms with van der Waals surface area (Å²) in [6.45, 7) is 5.64. The Balaban J connectivity index is 1.70. The smallest absolute Gasteiger partial charge is 0.0934 e. The summed E-state index contributed by atoms with van der Waals surface area (Å²) in [4.78, 5) is 2.93. The zero-order chi connectivity index (χ0) is 14.2. The van der Waals surface area contributed by atoms with Gasteiger partial charge in [-0.1, -0.05) is 31.5 Å². The van der Waals surface area contributed by atoms with Gasteiger partial charge in [0.25, 0.3) is 0 Å². The Labute approximate surface area is 134 Å². The predicted octanol–water partition coefficient (Wildman–Crippen LogP) is 5.41. The zero-order valence-electron chi connectivity index (χ0n) is 11.9. The van der Waals surface area contributed by atoms with E-state index in [-0.39, 0.29) is 5.41 Å². The molecule has 0 fully saturated rings. The molecule has 1 atom stereocenters. The number of rotatable bonds is 4. The fraction of sp³-hybridized carbons (Fsp3) is 0.500. The average molecular weight is 326 g/mol. The molecule has 1 unspecified atom stereocenters. The van der Waals surface area contributed by atoms with Crippen LogP contribution in [0.2, 0.25) is 4.34 Å². The molecular formula is C16H20ClNS2. The minimum absolute atomic E-state index is 0.186. The van der Waals surface area contributed by atoms with Gasteiger partial charge in [-0.05, 0) is 42.3 Å². The monoisotopic (exact) mass is 325 g/mol. The molecule has 0 aromatic carbocycles. The van der Waals surface area contributed by atoms with Crippen LogP contribution in [0.1, 0.15) is 48.0 Å². The maximum Gasteiger partial charge on any atom is 0.0934 e. The van der Waals surface area contributed by atoms with Crippen LogP contribution < -0.4 is 5.32 Å². The van der Waals surface area contributed by atoms with Crippen LogP contribution in [0.5, 0.6) is 0 Å². The Kier molecular flexibility index (Phi) is 4.23. The van der Waals surface area contributed by atoms with E-state index in [1.807, 2.05) is 11.3 Å². The first-order valence-corrected chi connectivity index (χ1v) is 9.19. The summed E-state index contributed by atoms with van der Waals surface area (Å²) < 4.78 is 0.932. The van der Waals surface area contributed by atoms with Crippen molar-refractivity contribution in [2.45, 2.75) is 44.6 Å². The highest BCUT2D eigenvalue weighted by Crippen LogP contribution is 2.38. The largest absolute Gasteiger partial charge is 0.309 e. The first kappa shape index (κ1) is 14.6. The third-order valence-corrected chi connectivity index (χ3v) is 6.64. The average Bonchev–Trinajstić information content (AvgIpc) is 3.04. The lowest BCUT2D eigenvalue weighted by Crippen LogP contribution is -2.35. The van der Waals surface area contributed by atoms with Crippen molar-refractivity contribution in [2.24, 2.45) is 0 Å². The summed E-state index contributed by atoms with van der Waals surface area (Å²) in [5, 5.41) is 5.94. The number of hydrogen-bond acceptors (Lipinski definition) is 3. The highest BCUT2D eigenvalue weighted by Gasteiger charge is 2.26. The number of hydrogen-bond donors (Lipinski definition) is 1. The molecule has 0 bridgehead atoms. The third-order valence-electron chi connectivity index (χ3n) is 4.06. The van der Waals surface area contributed by atoms with Gasteiger partial charge in [-0.25, -0.2) is 0 Å². The van der Waals surface area contributed by atoms with Crippen molar-refractivity contribution < 1.29 is 0 Å². The van der Waals surface area contributed by atoms with E-state index < -0.39 is 0 Å². The lowest BCUT2D eigenvalue weighted by atomic mass is 9.89. The molecule has 2 heterocycles. The van der Waals surface area contributed by atoms with Crippen LogP contribution in [0.4, 0.5) is 0 Å². The summed E-state index contributed by atoms with van der Waals surface area (Å²) in [6, 6.07) is 7.01. The van der Waals surface area contributed by atoms with E-state index in [0.717, 1.165) is 10.9 Å². The van der Waals surface area contributed by atoms with E-state index >= 15 is 0 Å². The summed E-state index contributed by atoms with van der Waals surface area (Å²) in [7, 11) is 0. The van der Waals surface area contributed by atoms with E-state index in [1.54, 1.807) is 11.3 Å². The number of fused-ring (bicyclic) bond motifs is 1. The highest BCUT2D eigenvalue weighted by molar-refractivity contribution is 7.16. The van der Waals surface area contributed by atoms with Gasteiger partial charge in [0.2, 0.25) is 0 Å². The second-order valence-corrected chi connectivity index (χ2v) is 8.83. The van der Waals surface area contributed by atoms with Crippen molar-refractivity contribution in [1.29, 1.82) is 0 Å². The molecule has 0 saturated heterocycles. The predicted molar refractivity (Wildman–Crippen MR) is 90.4 cm³/mol. The molecule has 0 radical (unpaired) electrons. The van der Waals surface area contributed by atoms with Crippen LogP contribution in [-0.2, 0) is 11.8 Å². The van der Waals surface area contributed by atoms with Crippen LogP contribution in [0.25, 0.3) is 0 Å². The van der Waals surface area contributed by atoms with Crippen molar-refractivity contribution >= 4 is 34.3 Å². The van der Waals surface area contributed by atoms with Crippen molar-refractivity contribution in [3.8, 4) is 0 Å². The number of nitrogens with one attached hydrogen (secondary N) is 1. The first-order valence-electron chi connectivity index (χ1n) is 7.12. The van der Waals surface area contributed by atoms with Gasteiger partial charge >= 0.3 is 0 Å². The van der Waals surface area contributed by atoms with Crippen molar-refractivity contribution in [3.63, 3.8) is 0 Å². The van der Waals surface area contributed by atoms with E-state index in [4.69, 9.17) is 11.6 Å². The van der Waals surface area contributed by atoms with Gasteiger partial charge < -0.3 is 5.32 Å². The van der Waals surface area contributed by atoms with Gasteiger partial charge in [-0.3, -0.25) is 0 Å². The maximum absolute atomic E-state index is 6.18. The molecule has 3 rings (SSSR count). The lowest BCUT2D eigenvalue weighted by molar-refractivity contribution is 0.398. The van der Waals surface area contributed by atoms with Crippen molar-refractivity contribution in [1.82, 2.24) is 5.32 Å². The quantitative estimate of drug-likeness (QED) is 0.792. The normalized spacial score (nSPS) is 19.1. The molecule has 1 nitrogen and oxygen atoms in total. The molecule has 20 heavy (non-hydrogen) atoms. The molecule has 1 N–H and O–H groups in total. The van der Waals surface area contributed by atoms with Crippen molar-refractivity contribution in [2.75, 3.05) is 6.54 Å². The highest BCUT2D eigenvalue weighted by atomic mass is 35.5. The summed E-state index contributed by atoms with van der Waals surface area (Å²) in [5.41, 5.74) is 1.62. The number of aryl methyl sites for hydroxylation is 1. The molecule has 0 saturated carbocycles. The lowest BCUT2D eigenvalue weighted by Gasteiger charge is -2.30. The number of thiophene rings is 2. The van der Waals surface area contributed by atoms with Crippen LogP contribution >= 0.6 is 34.3 Å². The van der Waals surface area contributed by atoms with Gasteiger partial charge in [0.05, 0.1) is 4.34 Å². The van der Waals surface area contributed by atoms with Gasteiger partial charge in [0.1, 0.15) is 0 Å². The first-order chi connectivity index (χ1) is 9.56. The van der Waals surface area contributed by atoms with Gasteiger partial charge in [-0.15, -0.1) is 22.7 Å². The fourth-order valence-electron chi connectivity index (χ4n) is 2.86. The van der Waals surface area contributed by atoms with Crippen molar-refractivity contribution in [3.05, 3.63) is 43.2 Å². The molecule has 108 valence electrons. The van der Waals surface area contributed by atoms with E-state index in [1.165, 1.54) is 34.6 Å². The molecule has 2 aromatic rings. The third kappa shape index (κ3) is 2.96. The van der Waals surface area contributed by atoms with Crippen LogP contribution in [0.3, 0.4) is 0 Å². The SMILES string of the molecule is CC(C)(CNC1CCCc2sc(Cl)cc21)c1cccs1. The molecule has 2 aromatic heterocycles. The van der Waals surface area contributed by atoms with Crippen LogP contribution in [0, 0.1) is 0 Å². The Hall–Kier alpha value is -0.350. The zero-order valence-corrected chi connectivity index (χ0v) is 14.3. The Morgan fingerprint density at radius 2 is 2.30 bits per heavy atom. The molecule has 0 aliphatic heterocycles. The van der Waals surface area contributed by atoms with E-state index in [0.29, 0.717) is 6.04 Å². The standard InChI is InChI=1S/C16H20ClNS2/c1-16(2,14-7-4-8-19-14)10-18-12-5-3-6-13-11(12)9-15(17)20-13/h4,7-9,12,18H,3,5-6,10H2,1-2H3. The summed E-state index contributed by atoms with van der Waals surface area (Å²) in [5.74, 6) is 0. The van der Waals surface area contributed by atoms with Gasteiger partial charge in [0, 0.05) is 27.8 Å². The second-order valence-electron chi connectivity index (χ2n) is 6.12. The second kappa shape index (κ2) is 5.80. The Morgan fingerprint density at radius 1 is 1.45 bits per heavy atom. The molecule has 0 spiro atoms. The van der Waals surface area contributed by atoms with Crippen LogP contribution in [0.15, 0.2) is 23.6 Å². The Bertz CT molecular complexity index is 571. The summed E-state index contributed by atoms with van der Waals surface area (Å²) in [6.07, 6.45) is 3.68. The summed E-state index contributed by atoms with van der Waals surface area (Å²) >= 11 is 9.78. The molecule has 1 aliphatic carbocycles. The molecular weight excluding hydrogens is 306 g/mol.